The van der Waals surface area contributed by atoms with Crippen molar-refractivity contribution in [1.29, 1.82) is 0 Å². The summed E-state index contributed by atoms with van der Waals surface area (Å²) in [4.78, 5) is 1.40. The molecule has 4 heteroatoms. The lowest BCUT2D eigenvalue weighted by molar-refractivity contribution is -0.692. The highest BCUT2D eigenvalue weighted by molar-refractivity contribution is 7.10. The van der Waals surface area contributed by atoms with Crippen molar-refractivity contribution in [2.45, 2.75) is 45.3 Å². The minimum atomic E-state index is -0.193. The summed E-state index contributed by atoms with van der Waals surface area (Å²) in [5, 5.41) is 4.51. The lowest BCUT2D eigenvalue weighted by Crippen LogP contribution is -2.84. The Morgan fingerprint density at radius 3 is 2.14 bits per heavy atom. The SMILES string of the molecule is CC(C)Oc1ccc([C@@H](CC[NH2+][C@@H](C)c2cccs2)c2ccc(F)cc2)cc1. The second-order valence-corrected chi connectivity index (χ2v) is 8.44. The minimum absolute atomic E-state index is 0.159. The maximum Gasteiger partial charge on any atom is 0.123 e. The topological polar surface area (TPSA) is 25.8 Å². The summed E-state index contributed by atoms with van der Waals surface area (Å²) in [5.41, 5.74) is 2.39. The van der Waals surface area contributed by atoms with E-state index in [4.69, 9.17) is 4.74 Å². The lowest BCUT2D eigenvalue weighted by atomic mass is 9.88. The quantitative estimate of drug-likeness (QED) is 0.504. The van der Waals surface area contributed by atoms with E-state index in [-0.39, 0.29) is 17.8 Å². The Labute approximate surface area is 171 Å². The van der Waals surface area contributed by atoms with Gasteiger partial charge in [-0.05, 0) is 67.6 Å². The number of nitrogens with two attached hydrogens (primary N) is 1. The molecule has 0 saturated heterocycles. The van der Waals surface area contributed by atoms with Gasteiger partial charge >= 0.3 is 0 Å². The molecule has 1 aromatic heterocycles. The fourth-order valence-corrected chi connectivity index (χ4v) is 4.23. The molecule has 1 heterocycles. The van der Waals surface area contributed by atoms with Crippen LogP contribution in [0.15, 0.2) is 66.0 Å². The van der Waals surface area contributed by atoms with Crippen LogP contribution in [0, 0.1) is 5.82 Å². The zero-order valence-corrected chi connectivity index (χ0v) is 17.6. The zero-order valence-electron chi connectivity index (χ0n) is 16.8. The largest absolute Gasteiger partial charge is 0.491 e. The smallest absolute Gasteiger partial charge is 0.123 e. The molecular weight excluding hydrogens is 369 g/mol. The molecule has 0 aliphatic heterocycles. The number of hydrogen-bond donors (Lipinski definition) is 1. The van der Waals surface area contributed by atoms with Crippen molar-refractivity contribution in [3.63, 3.8) is 0 Å². The zero-order chi connectivity index (χ0) is 19.9. The fraction of sp³-hybridized carbons (Fsp3) is 0.333. The number of ether oxygens (including phenoxy) is 1. The van der Waals surface area contributed by atoms with E-state index in [0.717, 1.165) is 24.3 Å². The van der Waals surface area contributed by atoms with Crippen LogP contribution in [0.2, 0.25) is 0 Å². The molecule has 3 aromatic rings. The molecule has 0 bridgehead atoms. The van der Waals surface area contributed by atoms with Crippen LogP contribution in [0.5, 0.6) is 5.75 Å². The van der Waals surface area contributed by atoms with Crippen LogP contribution < -0.4 is 10.1 Å². The van der Waals surface area contributed by atoms with Gasteiger partial charge in [0.05, 0.1) is 17.5 Å². The Balaban J connectivity index is 1.72. The van der Waals surface area contributed by atoms with Crippen LogP contribution in [0.1, 0.15) is 55.2 Å². The van der Waals surface area contributed by atoms with Crippen LogP contribution in [-0.2, 0) is 0 Å². The highest BCUT2D eigenvalue weighted by atomic mass is 32.1. The van der Waals surface area contributed by atoms with Gasteiger partial charge in [0.1, 0.15) is 17.6 Å². The molecular formula is C24H29FNOS+. The Hall–Kier alpha value is -2.17. The molecule has 0 amide bonds. The van der Waals surface area contributed by atoms with Gasteiger partial charge < -0.3 is 10.1 Å². The molecule has 0 aliphatic rings. The molecule has 2 N–H and O–H groups in total. The normalized spacial score (nSPS) is 13.5. The van der Waals surface area contributed by atoms with Crippen LogP contribution in [0.4, 0.5) is 4.39 Å². The van der Waals surface area contributed by atoms with E-state index in [0.29, 0.717) is 6.04 Å². The Morgan fingerprint density at radius 2 is 1.57 bits per heavy atom. The summed E-state index contributed by atoms with van der Waals surface area (Å²) in [6.07, 6.45) is 1.15. The first-order chi connectivity index (χ1) is 13.5. The summed E-state index contributed by atoms with van der Waals surface area (Å²) >= 11 is 1.80. The molecule has 28 heavy (non-hydrogen) atoms. The summed E-state index contributed by atoms with van der Waals surface area (Å²) < 4.78 is 19.2. The van der Waals surface area contributed by atoms with E-state index in [1.54, 1.807) is 23.5 Å². The number of benzene rings is 2. The molecule has 3 rings (SSSR count). The molecule has 2 atom stereocenters. The third kappa shape index (κ3) is 5.66. The second kappa shape index (κ2) is 9.85. The molecule has 0 unspecified atom stereocenters. The van der Waals surface area contributed by atoms with E-state index >= 15 is 0 Å². The van der Waals surface area contributed by atoms with E-state index in [9.17, 15) is 4.39 Å². The van der Waals surface area contributed by atoms with Crippen molar-refractivity contribution in [3.05, 3.63) is 87.9 Å². The molecule has 0 fully saturated rings. The molecule has 2 nitrogen and oxygen atoms in total. The maximum atomic E-state index is 13.4. The summed E-state index contributed by atoms with van der Waals surface area (Å²) in [6.45, 7) is 7.31. The Bertz CT molecular complexity index is 828. The van der Waals surface area contributed by atoms with Crippen LogP contribution in [0.3, 0.4) is 0 Å². The standard InChI is InChI=1S/C24H28FNOS/c1-17(2)27-22-12-8-20(9-13-22)23(19-6-10-21(25)11-7-19)14-15-26-18(3)24-5-4-16-28-24/h4-13,16-18,23,26H,14-15H2,1-3H3/p+1/t18-,23-/m0/s1. The van der Waals surface area contributed by atoms with Gasteiger partial charge in [-0.15, -0.1) is 11.3 Å². The van der Waals surface area contributed by atoms with E-state index in [1.165, 1.54) is 10.4 Å². The first-order valence-corrected chi connectivity index (χ1v) is 10.8. The number of quaternary nitrogens is 1. The van der Waals surface area contributed by atoms with Crippen molar-refractivity contribution in [3.8, 4) is 5.75 Å². The third-order valence-electron chi connectivity index (χ3n) is 4.89. The predicted molar refractivity (Wildman–Crippen MR) is 115 cm³/mol. The number of thiophene rings is 1. The average Bonchev–Trinajstić information content (AvgIpc) is 3.21. The lowest BCUT2D eigenvalue weighted by Gasteiger charge is -2.19. The second-order valence-electron chi connectivity index (χ2n) is 7.46. The van der Waals surface area contributed by atoms with Crippen molar-refractivity contribution >= 4 is 11.3 Å². The van der Waals surface area contributed by atoms with Crippen molar-refractivity contribution in [2.24, 2.45) is 0 Å². The molecule has 0 spiro atoms. The molecule has 2 aromatic carbocycles. The monoisotopic (exact) mass is 398 g/mol. The van der Waals surface area contributed by atoms with Gasteiger partial charge in [-0.1, -0.05) is 30.3 Å². The maximum absolute atomic E-state index is 13.4. The Morgan fingerprint density at radius 1 is 0.929 bits per heavy atom. The van der Waals surface area contributed by atoms with E-state index in [2.05, 4.69) is 41.9 Å². The molecule has 0 radical (unpaired) electrons. The van der Waals surface area contributed by atoms with Crippen LogP contribution in [0.25, 0.3) is 0 Å². The first-order valence-electron chi connectivity index (χ1n) is 9.91. The highest BCUT2D eigenvalue weighted by Crippen LogP contribution is 2.29. The van der Waals surface area contributed by atoms with E-state index < -0.39 is 0 Å². The van der Waals surface area contributed by atoms with Gasteiger partial charge in [0.2, 0.25) is 0 Å². The predicted octanol–water partition coefficient (Wildman–Crippen LogP) is 5.52. The van der Waals surface area contributed by atoms with Crippen LogP contribution in [-0.4, -0.2) is 12.6 Å². The number of hydrogen-bond acceptors (Lipinski definition) is 2. The van der Waals surface area contributed by atoms with Gasteiger partial charge in [-0.2, -0.15) is 0 Å². The Kier molecular flexibility index (Phi) is 7.24. The third-order valence-corrected chi connectivity index (χ3v) is 5.97. The fourth-order valence-electron chi connectivity index (χ4n) is 3.45. The molecule has 0 saturated carbocycles. The first kappa shape index (κ1) is 20.6. The van der Waals surface area contributed by atoms with Gasteiger partial charge in [0.25, 0.3) is 0 Å². The van der Waals surface area contributed by atoms with Gasteiger partial charge in [0.15, 0.2) is 0 Å². The van der Waals surface area contributed by atoms with Crippen molar-refractivity contribution < 1.29 is 14.4 Å². The highest BCUT2D eigenvalue weighted by Gasteiger charge is 2.17. The summed E-state index contributed by atoms with van der Waals surface area (Å²) in [5.74, 6) is 0.927. The minimum Gasteiger partial charge on any atom is -0.491 e. The van der Waals surface area contributed by atoms with Crippen LogP contribution >= 0.6 is 11.3 Å². The van der Waals surface area contributed by atoms with Gasteiger partial charge in [-0.3, -0.25) is 0 Å². The summed E-state index contributed by atoms with van der Waals surface area (Å²) in [7, 11) is 0. The van der Waals surface area contributed by atoms with Crippen molar-refractivity contribution in [2.75, 3.05) is 6.54 Å². The van der Waals surface area contributed by atoms with E-state index in [1.807, 2.05) is 38.1 Å². The van der Waals surface area contributed by atoms with Gasteiger partial charge in [-0.25, -0.2) is 4.39 Å². The molecule has 0 aliphatic carbocycles. The summed E-state index contributed by atoms with van der Waals surface area (Å²) in [6, 6.07) is 20.0. The van der Waals surface area contributed by atoms with Gasteiger partial charge in [0, 0.05) is 12.3 Å². The number of halogens is 1. The molecule has 148 valence electrons. The number of rotatable bonds is 9. The average molecular weight is 399 g/mol. The van der Waals surface area contributed by atoms with Crippen molar-refractivity contribution in [1.82, 2.24) is 0 Å².